The van der Waals surface area contributed by atoms with Crippen molar-refractivity contribution >= 4 is 46.0 Å². The Kier molecular flexibility index (Phi) is 8.62. The fourth-order valence-electron chi connectivity index (χ4n) is 6.89. The number of halogens is 1. The van der Waals surface area contributed by atoms with E-state index in [0.717, 1.165) is 34.0 Å². The minimum Gasteiger partial charge on any atom is -0.496 e. The van der Waals surface area contributed by atoms with Gasteiger partial charge in [0.15, 0.2) is 9.65 Å². The van der Waals surface area contributed by atoms with Gasteiger partial charge in [-0.2, -0.15) is 0 Å². The largest absolute Gasteiger partial charge is 0.496 e. The van der Waals surface area contributed by atoms with E-state index in [-0.39, 0.29) is 34.4 Å². The first-order valence-electron chi connectivity index (χ1n) is 15.0. The lowest BCUT2D eigenvalue weighted by Crippen LogP contribution is -2.65. The quantitative estimate of drug-likeness (QED) is 0.0797. The number of piperidine rings is 1. The van der Waals surface area contributed by atoms with Crippen LogP contribution in [0.5, 0.6) is 5.75 Å². The van der Waals surface area contributed by atoms with Crippen molar-refractivity contribution in [3.63, 3.8) is 0 Å². The minimum atomic E-state index is -0.451. The first kappa shape index (κ1) is 30.8. The summed E-state index contributed by atoms with van der Waals surface area (Å²) in [5, 5.41) is 15.4. The number of alkyl halides is 1. The van der Waals surface area contributed by atoms with E-state index in [2.05, 4.69) is 47.3 Å². The van der Waals surface area contributed by atoms with Crippen molar-refractivity contribution in [3.8, 4) is 16.9 Å². The summed E-state index contributed by atoms with van der Waals surface area (Å²) < 4.78 is 18.1. The van der Waals surface area contributed by atoms with Crippen LogP contribution in [0.2, 0.25) is 0 Å². The number of fused-ring (bicyclic) bond motifs is 5. The predicted octanol–water partition coefficient (Wildman–Crippen LogP) is 5.88. The van der Waals surface area contributed by atoms with Crippen molar-refractivity contribution in [1.29, 1.82) is 0 Å². The number of carbonyl (C=O) groups is 2. The molecule has 44 heavy (non-hydrogen) atoms. The molecule has 0 radical (unpaired) electrons. The lowest BCUT2D eigenvalue weighted by molar-refractivity contribution is -0.943. The van der Waals surface area contributed by atoms with Crippen molar-refractivity contribution in [3.05, 3.63) is 77.9 Å². The molecule has 0 unspecified atom stereocenters. The second-order valence-electron chi connectivity index (χ2n) is 12.4. The Morgan fingerprint density at radius 1 is 1.09 bits per heavy atom. The van der Waals surface area contributed by atoms with Crippen molar-refractivity contribution in [2.24, 2.45) is 0 Å². The van der Waals surface area contributed by atoms with Crippen LogP contribution in [0.15, 0.2) is 66.7 Å². The zero-order valence-electron chi connectivity index (χ0n) is 25.2. The number of aliphatic hydroxyl groups excluding tert-OH is 1. The zero-order valence-corrected chi connectivity index (χ0v) is 27.4. The monoisotopic (exact) mass is 712 g/mol. The van der Waals surface area contributed by atoms with Gasteiger partial charge in [0.25, 0.3) is 0 Å². The van der Waals surface area contributed by atoms with Gasteiger partial charge in [0.05, 0.1) is 39.9 Å². The van der Waals surface area contributed by atoms with Gasteiger partial charge in [0, 0.05) is 35.7 Å². The van der Waals surface area contributed by atoms with E-state index in [0.29, 0.717) is 48.0 Å². The molecule has 232 valence electrons. The van der Waals surface area contributed by atoms with E-state index in [1.54, 1.807) is 18.2 Å². The van der Waals surface area contributed by atoms with Crippen LogP contribution in [0.25, 0.3) is 11.1 Å². The summed E-state index contributed by atoms with van der Waals surface area (Å²) >= 11 is 2.53. The number of hydrogen-bond donors (Lipinski definition) is 3. The zero-order chi connectivity index (χ0) is 31.1. The number of benzene rings is 3. The Bertz CT molecular complexity index is 1550. The molecule has 2 amide bonds. The summed E-state index contributed by atoms with van der Waals surface area (Å²) in [6.07, 6.45) is 3.05. The molecule has 0 aromatic heterocycles. The molecule has 3 aliphatic rings. The number of morpholine rings is 1. The molecule has 3 fully saturated rings. The first-order chi connectivity index (χ1) is 21.1. The number of methoxy groups -OCH3 is 1. The van der Waals surface area contributed by atoms with Gasteiger partial charge in [0.1, 0.15) is 24.0 Å². The van der Waals surface area contributed by atoms with Crippen LogP contribution in [0, 0.1) is 0 Å². The smallest absolute Gasteiger partial charge is 0.411 e. The van der Waals surface area contributed by atoms with E-state index in [4.69, 9.17) is 14.2 Å². The van der Waals surface area contributed by atoms with Crippen LogP contribution in [0.4, 0.5) is 16.2 Å². The molecule has 2 bridgehead atoms. The summed E-state index contributed by atoms with van der Waals surface area (Å²) in [7, 11) is 6.05. The third-order valence-corrected chi connectivity index (χ3v) is 11.7. The molecule has 10 heteroatoms. The molecular formula is C34H39IN3O6+. The van der Waals surface area contributed by atoms with Gasteiger partial charge in [0.2, 0.25) is 5.91 Å². The number of amides is 2. The maximum Gasteiger partial charge on any atom is 0.411 e. The summed E-state index contributed by atoms with van der Waals surface area (Å²) in [6.45, 7) is -0.136. The Morgan fingerprint density at radius 3 is 2.61 bits per heavy atom. The number of rotatable bonds is 10. The predicted molar refractivity (Wildman–Crippen MR) is 177 cm³/mol. The van der Waals surface area contributed by atoms with Crippen molar-refractivity contribution in [2.75, 3.05) is 31.8 Å². The molecule has 0 spiro atoms. The second kappa shape index (κ2) is 12.3. The van der Waals surface area contributed by atoms with Gasteiger partial charge < -0.3 is 29.1 Å². The summed E-state index contributed by atoms with van der Waals surface area (Å²) in [6, 6.07) is 21.5. The lowest BCUT2D eigenvalue weighted by atomic mass is 9.96. The fraction of sp³-hybridized carbons (Fsp3) is 0.412. The van der Waals surface area contributed by atoms with Gasteiger partial charge >= 0.3 is 6.09 Å². The number of aryl methyl sites for hydroxylation is 1. The normalized spacial score (nSPS) is 25.9. The first-order valence-corrected chi connectivity index (χ1v) is 16.1. The Hall–Kier alpha value is -3.19. The SMILES string of the molecule is COc1cc(NC(=O)CCCc2ccc(-c3ccccc3)c(NC(=O)O[C@H]3C[C@H]4[C@@H]5O[C@H]5[C@](I)(C3)[N+]4(C)C)c2)ccc1CO. The third-order valence-electron chi connectivity index (χ3n) is 9.44. The molecule has 0 aliphatic carbocycles. The maximum atomic E-state index is 13.3. The maximum absolute atomic E-state index is 13.3. The molecule has 3 saturated heterocycles. The molecule has 5 atom stereocenters. The van der Waals surface area contributed by atoms with Crippen LogP contribution in [-0.2, 0) is 27.3 Å². The van der Waals surface area contributed by atoms with Crippen LogP contribution in [0.1, 0.15) is 36.8 Å². The van der Waals surface area contributed by atoms with E-state index in [1.807, 2.05) is 48.5 Å². The second-order valence-corrected chi connectivity index (χ2v) is 14.2. The molecule has 3 aromatic rings. The number of hydrogen-bond acceptors (Lipinski definition) is 6. The summed E-state index contributed by atoms with van der Waals surface area (Å²) in [4.78, 5) is 25.9. The van der Waals surface area contributed by atoms with Gasteiger partial charge in [-0.15, -0.1) is 0 Å². The molecule has 6 rings (SSSR count). The highest BCUT2D eigenvalue weighted by Crippen LogP contribution is 2.61. The lowest BCUT2D eigenvalue weighted by Gasteiger charge is -2.50. The van der Waals surface area contributed by atoms with Gasteiger partial charge in [-0.3, -0.25) is 10.1 Å². The van der Waals surface area contributed by atoms with Crippen molar-refractivity contribution in [2.45, 2.75) is 66.6 Å². The molecule has 3 aliphatic heterocycles. The van der Waals surface area contributed by atoms with E-state index in [9.17, 15) is 14.7 Å². The number of ether oxygens (including phenoxy) is 3. The van der Waals surface area contributed by atoms with Gasteiger partial charge in [-0.1, -0.05) is 48.5 Å². The number of nitrogens with zero attached hydrogens (tertiary/aromatic N) is 1. The average Bonchev–Trinajstić information content (AvgIpc) is 3.79. The van der Waals surface area contributed by atoms with Crippen LogP contribution in [0.3, 0.4) is 0 Å². The highest BCUT2D eigenvalue weighted by atomic mass is 127. The number of nitrogens with one attached hydrogen (secondary N) is 2. The topological polar surface area (TPSA) is 109 Å². The summed E-state index contributed by atoms with van der Waals surface area (Å²) in [5.74, 6) is 0.423. The van der Waals surface area contributed by atoms with E-state index in [1.165, 1.54) is 7.11 Å². The van der Waals surface area contributed by atoms with Crippen molar-refractivity contribution in [1.82, 2.24) is 0 Å². The Labute approximate surface area is 271 Å². The van der Waals surface area contributed by atoms with E-state index >= 15 is 0 Å². The van der Waals surface area contributed by atoms with Crippen LogP contribution < -0.4 is 15.4 Å². The minimum absolute atomic E-state index is 0.0906. The van der Waals surface area contributed by atoms with Gasteiger partial charge in [-0.25, -0.2) is 4.79 Å². The standard InChI is InChI=1S/C34H38IN3O6/c1-38(2)28-18-25(19-34(38,35)32-31(28)44-32)43-33(41)37-27-16-21(12-15-26(27)22-9-5-4-6-10-22)8-7-11-30(40)36-24-14-13-23(20-39)29(17-24)42-3/h4-6,9-10,12-17,25,28,31-32,39H,7-8,11,18-20H2,1-3H3,(H-,36,37,40,41)/p+1/t25-,28-,31-,32+,34-/m0/s1. The number of quaternary nitrogens is 1. The van der Waals surface area contributed by atoms with Crippen LogP contribution in [-0.4, -0.2) is 70.7 Å². The third kappa shape index (κ3) is 5.92. The highest BCUT2D eigenvalue weighted by Gasteiger charge is 2.78. The molecular weight excluding hydrogens is 673 g/mol. The number of anilines is 2. The van der Waals surface area contributed by atoms with E-state index < -0.39 is 6.09 Å². The number of epoxide rings is 1. The molecule has 9 nitrogen and oxygen atoms in total. The fourth-order valence-corrected chi connectivity index (χ4v) is 8.24. The van der Waals surface area contributed by atoms with Crippen molar-refractivity contribution < 1.29 is 33.4 Å². The number of likely N-dealkylation sites (N-methyl/N-ethyl adjacent to an activating group) is 1. The number of carbonyl (C=O) groups excluding carboxylic acids is 2. The molecule has 3 aromatic carbocycles. The number of aliphatic hydroxyl groups is 1. The highest BCUT2D eigenvalue weighted by molar-refractivity contribution is 14.1. The van der Waals surface area contributed by atoms with Crippen LogP contribution >= 0.6 is 22.6 Å². The Balaban J connectivity index is 1.10. The molecule has 0 saturated carbocycles. The summed E-state index contributed by atoms with van der Waals surface area (Å²) in [5.41, 5.74) is 4.88. The molecule has 3 heterocycles. The van der Waals surface area contributed by atoms with Gasteiger partial charge in [-0.05, 0) is 58.7 Å². The average molecular weight is 713 g/mol. The molecule has 3 N–H and O–H groups in total. The Morgan fingerprint density at radius 2 is 1.89 bits per heavy atom.